The van der Waals surface area contributed by atoms with Crippen LogP contribution in [0.15, 0.2) is 0 Å². The summed E-state index contributed by atoms with van der Waals surface area (Å²) < 4.78 is 0. The molecule has 0 unspecified atom stereocenters. The fourth-order valence-electron chi connectivity index (χ4n) is 0. The first-order chi connectivity index (χ1) is 1.00. The molecule has 0 amide bonds. The first kappa shape index (κ1) is 20.5. The van der Waals surface area contributed by atoms with Crippen LogP contribution in [0, 0.1) is 0 Å². The maximum absolute atomic E-state index is 7.00. The molecule has 0 atom stereocenters. The van der Waals surface area contributed by atoms with Crippen molar-refractivity contribution < 1.29 is 5.11 Å². The van der Waals surface area contributed by atoms with E-state index in [1.807, 2.05) is 0 Å². The predicted molar refractivity (Wildman–Crippen MR) is 20.3 cm³/mol. The van der Waals surface area contributed by atoms with E-state index < -0.39 is 0 Å². The Morgan fingerprint density at radius 2 is 1.25 bits per heavy atom. The third-order valence-electron chi connectivity index (χ3n) is 0. The normalized spacial score (nSPS) is 1.50. The number of hydrogen-bond acceptors (Lipinski definition) is 2. The van der Waals surface area contributed by atoms with Crippen molar-refractivity contribution >= 4 is 29.6 Å². The van der Waals surface area contributed by atoms with E-state index >= 15 is 0 Å². The Morgan fingerprint density at radius 1 is 1.25 bits per heavy atom. The maximum atomic E-state index is 7.00. The van der Waals surface area contributed by atoms with Crippen molar-refractivity contribution in [3.05, 3.63) is 0 Å². The number of aliphatic hydroxyl groups is 1. The zero-order chi connectivity index (χ0) is 2.00. The summed E-state index contributed by atoms with van der Waals surface area (Å²) in [5, 5.41) is 7.00. The third-order valence-corrected chi connectivity index (χ3v) is 0. The van der Waals surface area contributed by atoms with Crippen LogP contribution < -0.4 is 6.15 Å². The molecule has 4 N–H and O–H groups in total. The van der Waals surface area contributed by atoms with Gasteiger partial charge >= 0.3 is 29.6 Å². The van der Waals surface area contributed by atoms with E-state index in [0.717, 1.165) is 7.11 Å². The van der Waals surface area contributed by atoms with Gasteiger partial charge in [-0.05, 0) is 0 Å². The van der Waals surface area contributed by atoms with E-state index in [1.54, 1.807) is 0 Å². The van der Waals surface area contributed by atoms with Crippen LogP contribution in [0.1, 0.15) is 0 Å². The molecule has 0 saturated heterocycles. The van der Waals surface area contributed by atoms with Crippen molar-refractivity contribution in [2.24, 2.45) is 0 Å². The first-order valence-corrected chi connectivity index (χ1v) is 0.447. The average Bonchev–Trinajstić information content (AvgIpc) is 1.00. The minimum absolute atomic E-state index is 0. The molecule has 0 aromatic rings. The summed E-state index contributed by atoms with van der Waals surface area (Å²) in [7, 11) is 1.00. The summed E-state index contributed by atoms with van der Waals surface area (Å²) in [5.74, 6) is 0. The summed E-state index contributed by atoms with van der Waals surface area (Å²) in [5.41, 5.74) is 0. The van der Waals surface area contributed by atoms with Crippen molar-refractivity contribution in [3.8, 4) is 0 Å². The fraction of sp³-hybridized carbons (Fsp3) is 1.00. The van der Waals surface area contributed by atoms with Gasteiger partial charge in [0.15, 0.2) is 0 Å². The molecule has 0 saturated carbocycles. The number of hydrogen-bond donors (Lipinski definition) is 2. The van der Waals surface area contributed by atoms with Gasteiger partial charge in [-0.15, -0.1) is 0 Å². The Hall–Kier alpha value is 0.920. The van der Waals surface area contributed by atoms with Crippen LogP contribution in [0.4, 0.5) is 0 Å². The molecule has 4 heavy (non-hydrogen) atoms. The van der Waals surface area contributed by atoms with Gasteiger partial charge in [0.1, 0.15) is 0 Å². The van der Waals surface area contributed by atoms with Gasteiger partial charge in [0, 0.05) is 7.11 Å². The second-order valence-corrected chi connectivity index (χ2v) is 0. The molecule has 0 aromatic carbocycles. The van der Waals surface area contributed by atoms with Crippen LogP contribution in [0.3, 0.4) is 0 Å². The molecule has 0 bridgehead atoms. The van der Waals surface area contributed by atoms with E-state index in [1.165, 1.54) is 0 Å². The van der Waals surface area contributed by atoms with E-state index in [4.69, 9.17) is 5.11 Å². The first-order valence-electron chi connectivity index (χ1n) is 0.447. The molecule has 0 heterocycles. The van der Waals surface area contributed by atoms with Crippen molar-refractivity contribution in [2.45, 2.75) is 0 Å². The van der Waals surface area contributed by atoms with E-state index in [9.17, 15) is 0 Å². The van der Waals surface area contributed by atoms with Gasteiger partial charge in [-0.1, -0.05) is 0 Å². The van der Waals surface area contributed by atoms with Crippen LogP contribution in [0.2, 0.25) is 0 Å². The Kier molecular flexibility index (Phi) is 202. The van der Waals surface area contributed by atoms with Gasteiger partial charge in [-0.3, -0.25) is 0 Å². The molecule has 24 valence electrons. The molecule has 0 rings (SSSR count). The van der Waals surface area contributed by atoms with Gasteiger partial charge in [0.25, 0.3) is 0 Å². The SMILES string of the molecule is CO.N.[NaH]. The van der Waals surface area contributed by atoms with Crippen molar-refractivity contribution in [1.29, 1.82) is 0 Å². The molecule has 0 aromatic heterocycles. The van der Waals surface area contributed by atoms with Crippen molar-refractivity contribution in [3.63, 3.8) is 0 Å². The zero-order valence-corrected chi connectivity index (χ0v) is 2.15. The molecular weight excluding hydrogens is 65.0 g/mol. The summed E-state index contributed by atoms with van der Waals surface area (Å²) >= 11 is 0. The predicted octanol–water partition coefficient (Wildman–Crippen LogP) is -0.878. The van der Waals surface area contributed by atoms with E-state index in [-0.39, 0.29) is 35.7 Å². The summed E-state index contributed by atoms with van der Waals surface area (Å²) in [6.45, 7) is 0. The van der Waals surface area contributed by atoms with Crippen LogP contribution in [-0.4, -0.2) is 41.8 Å². The van der Waals surface area contributed by atoms with Gasteiger partial charge < -0.3 is 11.3 Å². The molecule has 0 radical (unpaired) electrons. The van der Waals surface area contributed by atoms with Crippen molar-refractivity contribution in [1.82, 2.24) is 6.15 Å². The molecule has 3 heteroatoms. The molecule has 0 aliphatic heterocycles. The van der Waals surface area contributed by atoms with Gasteiger partial charge in [-0.25, -0.2) is 0 Å². The van der Waals surface area contributed by atoms with Gasteiger partial charge in [-0.2, -0.15) is 0 Å². The van der Waals surface area contributed by atoms with Crippen molar-refractivity contribution in [2.75, 3.05) is 7.11 Å². The Morgan fingerprint density at radius 3 is 1.25 bits per heavy atom. The molecule has 0 spiro atoms. The topological polar surface area (TPSA) is 55.2 Å². The zero-order valence-electron chi connectivity index (χ0n) is 2.15. The van der Waals surface area contributed by atoms with E-state index in [2.05, 4.69) is 0 Å². The summed E-state index contributed by atoms with van der Waals surface area (Å²) in [4.78, 5) is 0. The quantitative estimate of drug-likeness (QED) is 0.366. The number of aliphatic hydroxyl groups excluding tert-OH is 1. The van der Waals surface area contributed by atoms with Crippen LogP contribution in [0.25, 0.3) is 0 Å². The Balaban J connectivity index is -0.00000000500. The molecular formula is CH8NNaO. The molecule has 2 nitrogen and oxygen atoms in total. The van der Waals surface area contributed by atoms with Crippen LogP contribution in [0.5, 0.6) is 0 Å². The molecule has 0 aliphatic carbocycles. The van der Waals surface area contributed by atoms with Gasteiger partial charge in [0.2, 0.25) is 0 Å². The second-order valence-electron chi connectivity index (χ2n) is 0. The average molecular weight is 73.1 g/mol. The molecule has 0 aliphatic rings. The second kappa shape index (κ2) is 39.5. The standard InChI is InChI=1S/CH4O.H3N.Na.H/c1-2;;;/h2H,1H3;1H3;;. The monoisotopic (exact) mass is 73.1 g/mol. The van der Waals surface area contributed by atoms with Crippen LogP contribution in [-0.2, 0) is 0 Å². The Bertz CT molecular complexity index is 8.00. The summed E-state index contributed by atoms with van der Waals surface area (Å²) in [6.07, 6.45) is 0. The van der Waals surface area contributed by atoms with Crippen LogP contribution >= 0.6 is 0 Å². The number of rotatable bonds is 0. The fourth-order valence-corrected chi connectivity index (χ4v) is 0. The Labute approximate surface area is 48.1 Å². The van der Waals surface area contributed by atoms with Gasteiger partial charge in [0.05, 0.1) is 0 Å². The minimum atomic E-state index is 0. The molecule has 0 fully saturated rings. The third kappa shape index (κ3) is 12.7. The van der Waals surface area contributed by atoms with E-state index in [0.29, 0.717) is 0 Å². The summed E-state index contributed by atoms with van der Waals surface area (Å²) in [6, 6.07) is 0.